The monoisotopic (exact) mass is 315 g/mol. The van der Waals surface area contributed by atoms with Crippen LogP contribution in [0.2, 0.25) is 0 Å². The number of pyridine rings is 2. The van der Waals surface area contributed by atoms with E-state index >= 15 is 0 Å². The second-order valence-corrected chi connectivity index (χ2v) is 4.85. The summed E-state index contributed by atoms with van der Waals surface area (Å²) in [6.07, 6.45) is 1.41. The van der Waals surface area contributed by atoms with E-state index in [-0.39, 0.29) is 17.6 Å². The number of aromatic hydroxyl groups is 1. The zero-order valence-electron chi connectivity index (χ0n) is 11.6. The molecule has 0 atom stereocenters. The van der Waals surface area contributed by atoms with Gasteiger partial charge in [0.2, 0.25) is 5.75 Å². The van der Waals surface area contributed by atoms with E-state index in [0.29, 0.717) is 5.56 Å². The predicted octanol–water partition coefficient (Wildman–Crippen LogP) is 2.20. The maximum Gasteiger partial charge on any atom is 0.376 e. The van der Waals surface area contributed by atoms with Crippen LogP contribution in [0.1, 0.15) is 5.56 Å². The van der Waals surface area contributed by atoms with E-state index in [2.05, 4.69) is 4.98 Å². The van der Waals surface area contributed by atoms with Gasteiger partial charge in [0, 0.05) is 6.20 Å². The highest BCUT2D eigenvalue weighted by Crippen LogP contribution is 2.30. The Morgan fingerprint density at radius 2 is 1.96 bits per heavy atom. The van der Waals surface area contributed by atoms with Crippen LogP contribution in [0.3, 0.4) is 0 Å². The van der Waals surface area contributed by atoms with Crippen LogP contribution in [0, 0.1) is 15.9 Å². The first-order valence-corrected chi connectivity index (χ1v) is 6.58. The lowest BCUT2D eigenvalue weighted by Gasteiger charge is -2.10. The van der Waals surface area contributed by atoms with Crippen molar-refractivity contribution in [2.75, 3.05) is 0 Å². The van der Waals surface area contributed by atoms with Gasteiger partial charge in [-0.1, -0.05) is 12.1 Å². The Morgan fingerprint density at radius 3 is 2.61 bits per heavy atom. The molecule has 1 aromatic carbocycles. The number of fused-ring (bicyclic) bond motifs is 1. The van der Waals surface area contributed by atoms with Gasteiger partial charge in [-0.3, -0.25) is 19.5 Å². The number of hydrogen-bond donors (Lipinski definition) is 1. The highest BCUT2D eigenvalue weighted by molar-refractivity contribution is 5.85. The topological polar surface area (TPSA) is 98.3 Å². The van der Waals surface area contributed by atoms with Crippen molar-refractivity contribution in [1.82, 2.24) is 9.55 Å². The molecule has 0 aliphatic carbocycles. The highest BCUT2D eigenvalue weighted by atomic mass is 19.1. The molecule has 0 spiro atoms. The third kappa shape index (κ3) is 2.50. The van der Waals surface area contributed by atoms with Crippen molar-refractivity contribution in [2.24, 2.45) is 0 Å². The summed E-state index contributed by atoms with van der Waals surface area (Å²) in [5.74, 6) is -1.14. The highest BCUT2D eigenvalue weighted by Gasteiger charge is 2.26. The Labute approximate surface area is 128 Å². The lowest BCUT2D eigenvalue weighted by molar-refractivity contribution is -0.387. The first-order chi connectivity index (χ1) is 11.0. The third-order valence-electron chi connectivity index (χ3n) is 3.41. The SMILES string of the molecule is O=c1c([N+](=O)[O-])c(O)c2cccnc2n1Cc1ccc(F)cc1. The first kappa shape index (κ1) is 14.6. The van der Waals surface area contributed by atoms with Crippen molar-refractivity contribution in [3.63, 3.8) is 0 Å². The Bertz CT molecular complexity index is 967. The molecule has 0 fully saturated rings. The zero-order chi connectivity index (χ0) is 16.6. The molecule has 8 heteroatoms. The summed E-state index contributed by atoms with van der Waals surface area (Å²) in [4.78, 5) is 26.6. The van der Waals surface area contributed by atoms with Crippen LogP contribution in [0.25, 0.3) is 11.0 Å². The predicted molar refractivity (Wildman–Crippen MR) is 79.8 cm³/mol. The third-order valence-corrected chi connectivity index (χ3v) is 3.41. The van der Waals surface area contributed by atoms with Gasteiger partial charge in [-0.25, -0.2) is 9.37 Å². The van der Waals surface area contributed by atoms with Crippen LogP contribution in [0.5, 0.6) is 5.75 Å². The van der Waals surface area contributed by atoms with E-state index in [4.69, 9.17) is 0 Å². The lowest BCUT2D eigenvalue weighted by atomic mass is 10.2. The Hall–Kier alpha value is -3.29. The van der Waals surface area contributed by atoms with E-state index < -0.39 is 27.7 Å². The van der Waals surface area contributed by atoms with Gasteiger partial charge in [-0.15, -0.1) is 0 Å². The molecule has 0 radical (unpaired) electrons. The summed E-state index contributed by atoms with van der Waals surface area (Å²) < 4.78 is 14.1. The smallest absolute Gasteiger partial charge is 0.376 e. The quantitative estimate of drug-likeness (QED) is 0.590. The molecule has 3 rings (SSSR count). The number of nitrogens with zero attached hydrogens (tertiary/aromatic N) is 3. The van der Waals surface area contributed by atoms with Gasteiger partial charge >= 0.3 is 11.2 Å². The Kier molecular flexibility index (Phi) is 3.49. The molecule has 23 heavy (non-hydrogen) atoms. The summed E-state index contributed by atoms with van der Waals surface area (Å²) >= 11 is 0. The van der Waals surface area contributed by atoms with Crippen LogP contribution < -0.4 is 5.56 Å². The maximum atomic E-state index is 13.0. The van der Waals surface area contributed by atoms with Crippen molar-refractivity contribution in [1.29, 1.82) is 0 Å². The van der Waals surface area contributed by atoms with Crippen LogP contribution in [0.4, 0.5) is 10.1 Å². The second-order valence-electron chi connectivity index (χ2n) is 4.85. The molecule has 116 valence electrons. The molecule has 1 N–H and O–H groups in total. The number of benzene rings is 1. The van der Waals surface area contributed by atoms with Gasteiger partial charge in [0.25, 0.3) is 0 Å². The fourth-order valence-electron chi connectivity index (χ4n) is 2.33. The molecule has 0 bridgehead atoms. The van der Waals surface area contributed by atoms with Crippen LogP contribution in [0.15, 0.2) is 47.4 Å². The maximum absolute atomic E-state index is 13.0. The summed E-state index contributed by atoms with van der Waals surface area (Å²) in [6.45, 7) is -0.0340. The van der Waals surface area contributed by atoms with Crippen LogP contribution in [-0.4, -0.2) is 19.6 Å². The molecule has 2 aromatic heterocycles. The van der Waals surface area contributed by atoms with Crippen molar-refractivity contribution in [3.05, 3.63) is 74.4 Å². The van der Waals surface area contributed by atoms with Crippen molar-refractivity contribution >= 4 is 16.7 Å². The molecule has 3 aromatic rings. The minimum atomic E-state index is -0.969. The molecular formula is C15H10FN3O4. The normalized spacial score (nSPS) is 10.8. The zero-order valence-corrected chi connectivity index (χ0v) is 11.6. The van der Waals surface area contributed by atoms with Gasteiger partial charge in [-0.2, -0.15) is 0 Å². The van der Waals surface area contributed by atoms with E-state index in [1.807, 2.05) is 0 Å². The molecule has 0 aliphatic heterocycles. The van der Waals surface area contributed by atoms with Gasteiger partial charge < -0.3 is 5.11 Å². The Balaban J connectivity index is 2.28. The van der Waals surface area contributed by atoms with Gasteiger partial charge in [0.15, 0.2) is 0 Å². The molecule has 0 saturated heterocycles. The van der Waals surface area contributed by atoms with Crippen LogP contribution >= 0.6 is 0 Å². The van der Waals surface area contributed by atoms with E-state index in [1.165, 1.54) is 42.6 Å². The minimum Gasteiger partial charge on any atom is -0.501 e. The van der Waals surface area contributed by atoms with Crippen molar-refractivity contribution < 1.29 is 14.4 Å². The average molecular weight is 315 g/mol. The largest absolute Gasteiger partial charge is 0.501 e. The minimum absolute atomic E-state index is 0.0340. The van der Waals surface area contributed by atoms with Gasteiger partial charge in [0.05, 0.1) is 16.9 Å². The van der Waals surface area contributed by atoms with Crippen molar-refractivity contribution in [3.8, 4) is 5.75 Å². The molecular weight excluding hydrogens is 305 g/mol. The second kappa shape index (κ2) is 5.48. The Morgan fingerprint density at radius 1 is 1.26 bits per heavy atom. The first-order valence-electron chi connectivity index (χ1n) is 6.58. The van der Waals surface area contributed by atoms with E-state index in [9.17, 15) is 24.4 Å². The lowest BCUT2D eigenvalue weighted by Crippen LogP contribution is -2.24. The van der Waals surface area contributed by atoms with E-state index in [0.717, 1.165) is 4.57 Å². The number of aromatic nitrogens is 2. The van der Waals surface area contributed by atoms with Gasteiger partial charge in [0.1, 0.15) is 11.5 Å². The number of rotatable bonds is 3. The fraction of sp³-hybridized carbons (Fsp3) is 0.0667. The number of hydrogen-bond acceptors (Lipinski definition) is 5. The molecule has 0 amide bonds. The summed E-state index contributed by atoms with van der Waals surface area (Å²) in [5.41, 5.74) is -1.19. The van der Waals surface area contributed by atoms with Crippen molar-refractivity contribution in [2.45, 2.75) is 6.54 Å². The molecule has 7 nitrogen and oxygen atoms in total. The fourth-order valence-corrected chi connectivity index (χ4v) is 2.33. The number of nitro groups is 1. The molecule has 0 saturated carbocycles. The van der Waals surface area contributed by atoms with Gasteiger partial charge in [-0.05, 0) is 29.8 Å². The van der Waals surface area contributed by atoms with E-state index in [1.54, 1.807) is 0 Å². The molecule has 0 unspecified atom stereocenters. The molecule has 0 aliphatic rings. The summed E-state index contributed by atoms with van der Waals surface area (Å²) in [6, 6.07) is 8.32. The molecule has 2 heterocycles. The standard InChI is InChI=1S/C15H10FN3O4/c16-10-5-3-9(4-6-10)8-18-14-11(2-1-7-17-14)13(20)12(15(18)21)19(22)23/h1-7,20H,8H2. The van der Waals surface area contributed by atoms with Crippen LogP contribution in [-0.2, 0) is 6.54 Å². The average Bonchev–Trinajstić information content (AvgIpc) is 2.53. The number of halogens is 1. The summed E-state index contributed by atoms with van der Waals surface area (Å²) in [5, 5.41) is 21.2. The summed E-state index contributed by atoms with van der Waals surface area (Å²) in [7, 11) is 0.